The Kier molecular flexibility index (Phi) is 28.8. The molecular formula is C21H38N2. The molecule has 0 heterocycles. The molecule has 0 aliphatic rings. The third kappa shape index (κ3) is 22.7. The first kappa shape index (κ1) is 26.2. The number of rotatable bonds is 0. The van der Waals surface area contributed by atoms with Gasteiger partial charge in [-0.25, -0.2) is 0 Å². The van der Waals surface area contributed by atoms with E-state index in [-0.39, 0.29) is 0 Å². The Morgan fingerprint density at radius 3 is 0.826 bits per heavy atom. The maximum absolute atomic E-state index is 3.36. The summed E-state index contributed by atoms with van der Waals surface area (Å²) in [5.41, 5.74) is 0. The van der Waals surface area contributed by atoms with Crippen LogP contribution in [-0.2, 0) is 0 Å². The van der Waals surface area contributed by atoms with Gasteiger partial charge in [0.25, 0.3) is 0 Å². The third-order valence-corrected chi connectivity index (χ3v) is 1.86. The van der Waals surface area contributed by atoms with Crippen LogP contribution in [-0.4, -0.2) is 14.1 Å². The summed E-state index contributed by atoms with van der Waals surface area (Å²) in [5.74, 6) is 0. The largest absolute Gasteiger partial charge is 0.198 e. The van der Waals surface area contributed by atoms with Crippen molar-refractivity contribution in [3.8, 4) is 0 Å². The molecule has 0 amide bonds. The minimum absolute atomic E-state index is 1.25. The van der Waals surface area contributed by atoms with Gasteiger partial charge in [0, 0.05) is 14.1 Å². The number of hydrogen-bond donors (Lipinski definition) is 0. The Morgan fingerprint density at radius 2 is 0.696 bits per heavy atom. The smallest absolute Gasteiger partial charge is 0.0487 e. The molecule has 0 spiro atoms. The molecule has 2 aromatic rings. The van der Waals surface area contributed by atoms with E-state index in [4.69, 9.17) is 0 Å². The van der Waals surface area contributed by atoms with E-state index in [2.05, 4.69) is 100 Å². The van der Waals surface area contributed by atoms with Crippen molar-refractivity contribution in [2.24, 2.45) is 10.2 Å². The first-order valence-corrected chi connectivity index (χ1v) is 8.74. The van der Waals surface area contributed by atoms with Gasteiger partial charge < -0.3 is 0 Å². The lowest BCUT2D eigenvalue weighted by molar-refractivity contribution is 1.09. The Morgan fingerprint density at radius 1 is 0.522 bits per heavy atom. The van der Waals surface area contributed by atoms with Crippen LogP contribution in [0.3, 0.4) is 0 Å². The second-order valence-electron chi connectivity index (χ2n) is 4.87. The Balaban J connectivity index is -0.000000261. The average molecular weight is 319 g/mol. The van der Waals surface area contributed by atoms with Crippen LogP contribution in [0, 0.1) is 0 Å². The molecule has 0 fully saturated rings. The van der Waals surface area contributed by atoms with Gasteiger partial charge in [0.05, 0.1) is 0 Å². The zero-order valence-electron chi connectivity index (χ0n) is 16.6. The number of hydrogen-bond acceptors (Lipinski definition) is 2. The number of fused-ring (bicyclic) bond motifs is 1. The van der Waals surface area contributed by atoms with E-state index in [1.807, 2.05) is 0 Å². The third-order valence-electron chi connectivity index (χ3n) is 1.86. The Hall–Kier alpha value is -1.70. The second-order valence-corrected chi connectivity index (χ2v) is 4.87. The van der Waals surface area contributed by atoms with Crippen LogP contribution in [0.2, 0.25) is 0 Å². The predicted octanol–water partition coefficient (Wildman–Crippen LogP) is 7.79. The number of azo groups is 1. The van der Waals surface area contributed by atoms with Crippen LogP contribution in [0.15, 0.2) is 58.8 Å². The molecule has 0 bridgehead atoms. The molecule has 132 valence electrons. The fraction of sp³-hybridized carbons (Fsp3) is 0.524. The van der Waals surface area contributed by atoms with Crippen LogP contribution >= 0.6 is 0 Å². The van der Waals surface area contributed by atoms with Crippen molar-refractivity contribution in [2.75, 3.05) is 14.1 Å². The molecule has 2 rings (SSSR count). The SMILES string of the molecule is CCC.CCC.CCC.CN=NC.c1ccc2ccccc2c1. The molecule has 0 aliphatic heterocycles. The van der Waals surface area contributed by atoms with Crippen LogP contribution in [0.5, 0.6) is 0 Å². The molecule has 2 aromatic carbocycles. The summed E-state index contributed by atoms with van der Waals surface area (Å²) in [7, 11) is 3.28. The van der Waals surface area contributed by atoms with Crippen molar-refractivity contribution in [3.05, 3.63) is 48.5 Å². The monoisotopic (exact) mass is 318 g/mol. The highest BCUT2D eigenvalue weighted by Gasteiger charge is 1.85. The normalized spacial score (nSPS) is 8.35. The average Bonchev–Trinajstić information content (AvgIpc) is 2.57. The Bertz CT molecular complexity index is 376. The van der Waals surface area contributed by atoms with E-state index in [9.17, 15) is 0 Å². The van der Waals surface area contributed by atoms with Gasteiger partial charge in [-0.05, 0) is 10.8 Å². The molecule has 0 saturated carbocycles. The van der Waals surface area contributed by atoms with Gasteiger partial charge in [0.1, 0.15) is 0 Å². The number of nitrogens with zero attached hydrogens (tertiary/aromatic N) is 2. The number of benzene rings is 2. The molecule has 0 aliphatic carbocycles. The minimum atomic E-state index is 1.25. The highest BCUT2D eigenvalue weighted by molar-refractivity contribution is 5.81. The summed E-state index contributed by atoms with van der Waals surface area (Å²) in [6.45, 7) is 12.8. The lowest BCUT2D eigenvalue weighted by atomic mass is 10.1. The maximum Gasteiger partial charge on any atom is 0.0487 e. The fourth-order valence-corrected chi connectivity index (χ4v) is 1.13. The standard InChI is InChI=1S/C10H8.3C3H8.C2H6N2/c1-2-6-10-8-4-3-7-9(10)5-1;3*1-3-2;1-3-4-2/h1-8H;3*3H2,1-2H3;1-2H3. The summed E-state index contributed by atoms with van der Waals surface area (Å²) in [4.78, 5) is 0. The highest BCUT2D eigenvalue weighted by Crippen LogP contribution is 2.11. The first-order valence-electron chi connectivity index (χ1n) is 8.74. The molecule has 2 nitrogen and oxygen atoms in total. The second kappa shape index (κ2) is 25.3. The van der Waals surface area contributed by atoms with Crippen molar-refractivity contribution >= 4 is 10.8 Å². The van der Waals surface area contributed by atoms with Crippen molar-refractivity contribution in [2.45, 2.75) is 60.8 Å². The molecule has 0 N–H and O–H groups in total. The van der Waals surface area contributed by atoms with E-state index in [0.717, 1.165) is 0 Å². The van der Waals surface area contributed by atoms with E-state index >= 15 is 0 Å². The quantitative estimate of drug-likeness (QED) is 0.443. The Labute approximate surface area is 145 Å². The fourth-order valence-electron chi connectivity index (χ4n) is 1.13. The molecule has 0 unspecified atom stereocenters. The van der Waals surface area contributed by atoms with E-state index in [1.54, 1.807) is 14.1 Å². The summed E-state index contributed by atoms with van der Waals surface area (Å²) < 4.78 is 0. The topological polar surface area (TPSA) is 24.7 Å². The minimum Gasteiger partial charge on any atom is -0.198 e. The van der Waals surface area contributed by atoms with E-state index < -0.39 is 0 Å². The van der Waals surface area contributed by atoms with Crippen molar-refractivity contribution in [3.63, 3.8) is 0 Å². The van der Waals surface area contributed by atoms with Gasteiger partial charge in [0.15, 0.2) is 0 Å². The van der Waals surface area contributed by atoms with Gasteiger partial charge >= 0.3 is 0 Å². The van der Waals surface area contributed by atoms with Crippen LogP contribution in [0.4, 0.5) is 0 Å². The molecule has 23 heavy (non-hydrogen) atoms. The zero-order valence-corrected chi connectivity index (χ0v) is 16.6. The van der Waals surface area contributed by atoms with Gasteiger partial charge in [0.2, 0.25) is 0 Å². The highest BCUT2D eigenvalue weighted by atomic mass is 15.0. The molecule has 0 radical (unpaired) electrons. The predicted molar refractivity (Wildman–Crippen MR) is 109 cm³/mol. The van der Waals surface area contributed by atoms with Crippen LogP contribution < -0.4 is 0 Å². The van der Waals surface area contributed by atoms with Crippen molar-refractivity contribution in [1.82, 2.24) is 0 Å². The first-order chi connectivity index (χ1) is 11.1. The van der Waals surface area contributed by atoms with Crippen molar-refractivity contribution in [1.29, 1.82) is 0 Å². The lowest BCUT2D eigenvalue weighted by Gasteiger charge is -1.92. The van der Waals surface area contributed by atoms with E-state index in [1.165, 1.54) is 30.0 Å². The molecule has 0 aromatic heterocycles. The van der Waals surface area contributed by atoms with Gasteiger partial charge in [-0.2, -0.15) is 10.2 Å². The zero-order chi connectivity index (χ0) is 18.3. The molecule has 0 saturated heterocycles. The van der Waals surface area contributed by atoms with Gasteiger partial charge in [-0.15, -0.1) is 0 Å². The molecule has 0 atom stereocenters. The molecule has 2 heteroatoms. The lowest BCUT2D eigenvalue weighted by Crippen LogP contribution is -1.67. The molecular weight excluding hydrogens is 280 g/mol. The van der Waals surface area contributed by atoms with Crippen LogP contribution in [0.1, 0.15) is 60.8 Å². The van der Waals surface area contributed by atoms with E-state index in [0.29, 0.717) is 0 Å². The maximum atomic E-state index is 3.36. The van der Waals surface area contributed by atoms with Gasteiger partial charge in [-0.3, -0.25) is 0 Å². The van der Waals surface area contributed by atoms with Crippen LogP contribution in [0.25, 0.3) is 10.8 Å². The summed E-state index contributed by atoms with van der Waals surface area (Å²) in [6.07, 6.45) is 3.75. The van der Waals surface area contributed by atoms with Crippen molar-refractivity contribution < 1.29 is 0 Å². The summed E-state index contributed by atoms with van der Waals surface area (Å²) in [6, 6.07) is 16.7. The summed E-state index contributed by atoms with van der Waals surface area (Å²) >= 11 is 0. The summed E-state index contributed by atoms with van der Waals surface area (Å²) in [5, 5.41) is 9.34. The van der Waals surface area contributed by atoms with Gasteiger partial charge in [-0.1, -0.05) is 109 Å².